The lowest BCUT2D eigenvalue weighted by Gasteiger charge is -2.15. The van der Waals surface area contributed by atoms with Crippen molar-refractivity contribution in [1.29, 1.82) is 0 Å². The predicted molar refractivity (Wildman–Crippen MR) is 38.0 cm³/mol. The molecule has 1 heterocycles. The monoisotopic (exact) mass is 202 g/mol. The molecule has 0 radical (unpaired) electrons. The van der Waals surface area contributed by atoms with E-state index in [9.17, 15) is 19.2 Å². The van der Waals surface area contributed by atoms with Crippen LogP contribution in [0, 0.1) is 11.3 Å². The number of carbonyl (C=O) groups is 4. The minimum Gasteiger partial charge on any atom is -0.481 e. The summed E-state index contributed by atoms with van der Waals surface area (Å²) in [6, 6.07) is 0. The van der Waals surface area contributed by atoms with Gasteiger partial charge in [0.25, 0.3) is 0 Å². The SMILES string of the molecule is CC1(C(=O)O)C(=O)OC(=O)C1C(=O)O. The van der Waals surface area contributed by atoms with E-state index in [1.165, 1.54) is 0 Å². The molecule has 0 saturated carbocycles. The number of ether oxygens (including phenoxy) is 1. The molecule has 0 aromatic rings. The van der Waals surface area contributed by atoms with Gasteiger partial charge in [-0.3, -0.25) is 19.2 Å². The van der Waals surface area contributed by atoms with Gasteiger partial charge in [0.05, 0.1) is 0 Å². The minimum atomic E-state index is -2.33. The maximum absolute atomic E-state index is 11.0. The maximum atomic E-state index is 11.0. The first kappa shape index (κ1) is 10.2. The summed E-state index contributed by atoms with van der Waals surface area (Å²) in [5, 5.41) is 17.2. The molecule has 1 aliphatic rings. The molecule has 14 heavy (non-hydrogen) atoms. The number of carbonyl (C=O) groups excluding carboxylic acids is 2. The van der Waals surface area contributed by atoms with Gasteiger partial charge >= 0.3 is 23.9 Å². The van der Waals surface area contributed by atoms with E-state index in [1.807, 2.05) is 0 Å². The lowest BCUT2D eigenvalue weighted by Crippen LogP contribution is -2.42. The van der Waals surface area contributed by atoms with E-state index < -0.39 is 35.2 Å². The maximum Gasteiger partial charge on any atom is 0.332 e. The molecular weight excluding hydrogens is 196 g/mol. The summed E-state index contributed by atoms with van der Waals surface area (Å²) in [5.74, 6) is -8.05. The third-order valence-corrected chi connectivity index (χ3v) is 2.12. The molecule has 2 atom stereocenters. The molecule has 0 amide bonds. The average Bonchev–Trinajstić information content (AvgIpc) is 2.23. The summed E-state index contributed by atoms with van der Waals surface area (Å²) in [7, 11) is 0. The van der Waals surface area contributed by atoms with E-state index in [2.05, 4.69) is 4.74 Å². The van der Waals surface area contributed by atoms with Crippen molar-refractivity contribution < 1.29 is 34.1 Å². The fraction of sp³-hybridized carbons (Fsp3) is 0.429. The lowest BCUT2D eigenvalue weighted by atomic mass is 9.79. The number of cyclic esters (lactones) is 2. The molecule has 0 aromatic heterocycles. The number of carboxylic acid groups (broad SMARTS) is 2. The Morgan fingerprint density at radius 3 is 2.14 bits per heavy atom. The smallest absolute Gasteiger partial charge is 0.332 e. The van der Waals surface area contributed by atoms with E-state index in [-0.39, 0.29) is 0 Å². The zero-order valence-corrected chi connectivity index (χ0v) is 7.01. The Hall–Kier alpha value is -1.92. The molecule has 7 heteroatoms. The molecule has 0 aliphatic carbocycles. The van der Waals surface area contributed by atoms with E-state index in [0.717, 1.165) is 6.92 Å². The van der Waals surface area contributed by atoms with Crippen molar-refractivity contribution >= 4 is 23.9 Å². The lowest BCUT2D eigenvalue weighted by molar-refractivity contribution is -0.165. The molecule has 2 N–H and O–H groups in total. The Kier molecular flexibility index (Phi) is 2.03. The van der Waals surface area contributed by atoms with E-state index in [0.29, 0.717) is 0 Å². The second kappa shape index (κ2) is 2.79. The predicted octanol–water partition coefficient (Wildman–Crippen LogP) is -1.14. The topological polar surface area (TPSA) is 118 Å². The third kappa shape index (κ3) is 1.05. The Balaban J connectivity index is 3.26. The van der Waals surface area contributed by atoms with Crippen LogP contribution in [0.1, 0.15) is 6.92 Å². The Bertz CT molecular complexity index is 344. The standard InChI is InChI=1S/C7H6O7/c1-7(5(11)12)2(3(8)9)4(10)14-6(7)13/h2H,1H3,(H,8,9)(H,11,12). The van der Waals surface area contributed by atoms with Crippen LogP contribution >= 0.6 is 0 Å². The molecule has 1 saturated heterocycles. The summed E-state index contributed by atoms with van der Waals surface area (Å²) >= 11 is 0. The van der Waals surface area contributed by atoms with Gasteiger partial charge in [-0.25, -0.2) is 0 Å². The number of esters is 2. The van der Waals surface area contributed by atoms with Crippen molar-refractivity contribution in [2.45, 2.75) is 6.92 Å². The summed E-state index contributed by atoms with van der Waals surface area (Å²) in [6.07, 6.45) is 0. The summed E-state index contributed by atoms with van der Waals surface area (Å²) < 4.78 is 3.97. The molecule has 2 unspecified atom stereocenters. The average molecular weight is 202 g/mol. The van der Waals surface area contributed by atoms with Crippen LogP contribution in [0.25, 0.3) is 0 Å². The van der Waals surface area contributed by atoms with Crippen molar-refractivity contribution in [2.24, 2.45) is 11.3 Å². The molecule has 0 aromatic carbocycles. The van der Waals surface area contributed by atoms with Gasteiger partial charge in [0.15, 0.2) is 11.3 Å². The molecule has 1 aliphatic heterocycles. The number of hydrogen-bond donors (Lipinski definition) is 2. The second-order valence-corrected chi connectivity index (χ2v) is 2.99. The highest BCUT2D eigenvalue weighted by Crippen LogP contribution is 2.36. The van der Waals surface area contributed by atoms with Crippen LogP contribution in [0.2, 0.25) is 0 Å². The van der Waals surface area contributed by atoms with Gasteiger partial charge in [-0.2, -0.15) is 0 Å². The van der Waals surface area contributed by atoms with Crippen LogP contribution in [0.4, 0.5) is 0 Å². The van der Waals surface area contributed by atoms with Crippen LogP contribution in [0.5, 0.6) is 0 Å². The zero-order chi connectivity index (χ0) is 11.1. The first-order valence-electron chi connectivity index (χ1n) is 3.54. The van der Waals surface area contributed by atoms with Crippen LogP contribution in [0.15, 0.2) is 0 Å². The van der Waals surface area contributed by atoms with Crippen LogP contribution in [0.3, 0.4) is 0 Å². The van der Waals surface area contributed by atoms with Crippen molar-refractivity contribution in [3.8, 4) is 0 Å². The van der Waals surface area contributed by atoms with E-state index >= 15 is 0 Å². The van der Waals surface area contributed by atoms with Gasteiger partial charge in [-0.05, 0) is 6.92 Å². The first-order valence-corrected chi connectivity index (χ1v) is 3.54. The summed E-state index contributed by atoms with van der Waals surface area (Å²) in [5.41, 5.74) is -2.33. The Morgan fingerprint density at radius 2 is 1.86 bits per heavy atom. The molecule has 0 bridgehead atoms. The highest BCUT2D eigenvalue weighted by atomic mass is 16.6. The molecule has 1 fully saturated rings. The minimum absolute atomic E-state index is 0.849. The molecule has 1 rings (SSSR count). The fourth-order valence-electron chi connectivity index (χ4n) is 1.17. The van der Waals surface area contributed by atoms with Crippen LogP contribution in [-0.4, -0.2) is 34.1 Å². The molecular formula is C7H6O7. The van der Waals surface area contributed by atoms with Gasteiger partial charge in [-0.15, -0.1) is 0 Å². The number of hydrogen-bond acceptors (Lipinski definition) is 5. The highest BCUT2D eigenvalue weighted by molar-refractivity contribution is 6.17. The van der Waals surface area contributed by atoms with E-state index in [4.69, 9.17) is 10.2 Å². The van der Waals surface area contributed by atoms with Gasteiger partial charge in [0, 0.05) is 0 Å². The molecule has 7 nitrogen and oxygen atoms in total. The van der Waals surface area contributed by atoms with Crippen molar-refractivity contribution in [3.05, 3.63) is 0 Å². The highest BCUT2D eigenvalue weighted by Gasteiger charge is 2.63. The van der Waals surface area contributed by atoms with Crippen LogP contribution in [-0.2, 0) is 23.9 Å². The van der Waals surface area contributed by atoms with Gasteiger partial charge < -0.3 is 14.9 Å². The third-order valence-electron chi connectivity index (χ3n) is 2.12. The molecule has 0 spiro atoms. The van der Waals surface area contributed by atoms with Crippen molar-refractivity contribution in [2.75, 3.05) is 0 Å². The number of aliphatic carboxylic acids is 2. The second-order valence-electron chi connectivity index (χ2n) is 2.99. The first-order chi connectivity index (χ1) is 6.31. The summed E-state index contributed by atoms with van der Waals surface area (Å²) in [6.45, 7) is 0.849. The Labute approximate surface area is 77.3 Å². The quantitative estimate of drug-likeness (QED) is 0.429. The van der Waals surface area contributed by atoms with Gasteiger partial charge in [0.2, 0.25) is 0 Å². The van der Waals surface area contributed by atoms with E-state index in [1.54, 1.807) is 0 Å². The van der Waals surface area contributed by atoms with Gasteiger partial charge in [0.1, 0.15) is 0 Å². The number of carboxylic acids is 2. The number of rotatable bonds is 2. The van der Waals surface area contributed by atoms with Crippen LogP contribution < -0.4 is 0 Å². The van der Waals surface area contributed by atoms with Gasteiger partial charge in [-0.1, -0.05) is 0 Å². The summed E-state index contributed by atoms with van der Waals surface area (Å²) in [4.78, 5) is 43.1. The van der Waals surface area contributed by atoms with Crippen molar-refractivity contribution in [3.63, 3.8) is 0 Å². The van der Waals surface area contributed by atoms with Crippen molar-refractivity contribution in [1.82, 2.24) is 0 Å². The Morgan fingerprint density at radius 1 is 1.36 bits per heavy atom. The largest absolute Gasteiger partial charge is 0.481 e. The fourth-order valence-corrected chi connectivity index (χ4v) is 1.17. The molecule has 76 valence electrons. The normalized spacial score (nSPS) is 31.4. The zero-order valence-electron chi connectivity index (χ0n) is 7.01.